The lowest BCUT2D eigenvalue weighted by molar-refractivity contribution is 0.226. The molecule has 0 bridgehead atoms. The molecule has 0 heterocycles. The van der Waals surface area contributed by atoms with Crippen molar-refractivity contribution in [2.45, 2.75) is 52.4 Å². The lowest BCUT2D eigenvalue weighted by Crippen LogP contribution is -2.32. The Balaban J connectivity index is 2.17. The molecule has 0 amide bonds. The molecular weight excluding hydrogens is 230 g/mol. The van der Waals surface area contributed by atoms with Crippen molar-refractivity contribution < 1.29 is 0 Å². The fourth-order valence-electron chi connectivity index (χ4n) is 3.65. The van der Waals surface area contributed by atoms with Crippen LogP contribution in [0.2, 0.25) is 0 Å². The standard InChI is InChI=1S/C18H29N/c1-4-15-10-11-16(13-19-5-2)18(12-15)17-9-7-6-8-14(17)3/h6-9,15-16,18-19H,4-5,10-13H2,1-3H3. The largest absolute Gasteiger partial charge is 0.317 e. The molecular formula is C18H29N. The van der Waals surface area contributed by atoms with E-state index < -0.39 is 0 Å². The van der Waals surface area contributed by atoms with E-state index in [1.807, 2.05) is 0 Å². The fraction of sp³-hybridized carbons (Fsp3) is 0.667. The van der Waals surface area contributed by atoms with Gasteiger partial charge in [0.25, 0.3) is 0 Å². The van der Waals surface area contributed by atoms with Gasteiger partial charge in [-0.25, -0.2) is 0 Å². The minimum absolute atomic E-state index is 0.763. The quantitative estimate of drug-likeness (QED) is 0.820. The highest BCUT2D eigenvalue weighted by molar-refractivity contribution is 5.30. The topological polar surface area (TPSA) is 12.0 Å². The lowest BCUT2D eigenvalue weighted by Gasteiger charge is -2.37. The van der Waals surface area contributed by atoms with E-state index in [0.29, 0.717) is 0 Å². The van der Waals surface area contributed by atoms with Gasteiger partial charge in [0.05, 0.1) is 0 Å². The van der Waals surface area contributed by atoms with Crippen molar-refractivity contribution >= 4 is 0 Å². The number of hydrogen-bond acceptors (Lipinski definition) is 1. The summed E-state index contributed by atoms with van der Waals surface area (Å²) in [5.41, 5.74) is 3.08. The first kappa shape index (κ1) is 14.6. The third kappa shape index (κ3) is 3.60. The second-order valence-corrected chi connectivity index (χ2v) is 6.12. The highest BCUT2D eigenvalue weighted by Crippen LogP contribution is 2.42. The molecule has 1 aromatic rings. The summed E-state index contributed by atoms with van der Waals surface area (Å²) in [7, 11) is 0. The van der Waals surface area contributed by atoms with E-state index >= 15 is 0 Å². The summed E-state index contributed by atoms with van der Waals surface area (Å²) in [6.45, 7) is 9.11. The van der Waals surface area contributed by atoms with Crippen molar-refractivity contribution in [1.82, 2.24) is 5.32 Å². The predicted octanol–water partition coefficient (Wildman–Crippen LogP) is 4.51. The fourth-order valence-corrected chi connectivity index (χ4v) is 3.65. The van der Waals surface area contributed by atoms with Crippen molar-refractivity contribution in [2.75, 3.05) is 13.1 Å². The molecule has 19 heavy (non-hydrogen) atoms. The maximum atomic E-state index is 3.57. The van der Waals surface area contributed by atoms with Gasteiger partial charge in [0.15, 0.2) is 0 Å². The molecule has 0 aromatic heterocycles. The molecule has 1 heteroatoms. The highest BCUT2D eigenvalue weighted by atomic mass is 14.8. The van der Waals surface area contributed by atoms with Gasteiger partial charge in [-0.3, -0.25) is 0 Å². The van der Waals surface area contributed by atoms with E-state index in [-0.39, 0.29) is 0 Å². The van der Waals surface area contributed by atoms with Gasteiger partial charge in [-0.15, -0.1) is 0 Å². The van der Waals surface area contributed by atoms with Gasteiger partial charge in [0.1, 0.15) is 0 Å². The summed E-state index contributed by atoms with van der Waals surface area (Å²) >= 11 is 0. The normalized spacial score (nSPS) is 27.4. The molecule has 0 aliphatic heterocycles. The van der Waals surface area contributed by atoms with Crippen LogP contribution in [0, 0.1) is 18.8 Å². The van der Waals surface area contributed by atoms with E-state index in [1.165, 1.54) is 37.8 Å². The van der Waals surface area contributed by atoms with Crippen molar-refractivity contribution in [3.8, 4) is 0 Å². The molecule has 0 radical (unpaired) electrons. The van der Waals surface area contributed by atoms with Crippen LogP contribution in [-0.2, 0) is 0 Å². The minimum Gasteiger partial charge on any atom is -0.317 e. The zero-order valence-corrected chi connectivity index (χ0v) is 12.8. The maximum Gasteiger partial charge on any atom is -0.00148 e. The zero-order valence-electron chi connectivity index (χ0n) is 12.8. The van der Waals surface area contributed by atoms with Crippen LogP contribution < -0.4 is 5.32 Å². The molecule has 1 aromatic carbocycles. The second kappa shape index (κ2) is 7.09. The number of rotatable bonds is 5. The zero-order chi connectivity index (χ0) is 13.7. The van der Waals surface area contributed by atoms with Crippen molar-refractivity contribution in [2.24, 2.45) is 11.8 Å². The summed E-state index contributed by atoms with van der Waals surface area (Å²) < 4.78 is 0. The molecule has 1 N–H and O–H groups in total. The molecule has 0 spiro atoms. The van der Waals surface area contributed by atoms with E-state index in [1.54, 1.807) is 5.56 Å². The van der Waals surface area contributed by atoms with Crippen LogP contribution in [0.1, 0.15) is 56.6 Å². The Morgan fingerprint density at radius 1 is 1.16 bits per heavy atom. The van der Waals surface area contributed by atoms with Gasteiger partial charge in [0, 0.05) is 0 Å². The van der Waals surface area contributed by atoms with E-state index in [0.717, 1.165) is 24.3 Å². The number of benzene rings is 1. The van der Waals surface area contributed by atoms with Gasteiger partial charge in [-0.1, -0.05) is 51.0 Å². The van der Waals surface area contributed by atoms with Crippen LogP contribution in [0.5, 0.6) is 0 Å². The van der Waals surface area contributed by atoms with Crippen LogP contribution in [-0.4, -0.2) is 13.1 Å². The third-order valence-electron chi connectivity index (χ3n) is 4.92. The highest BCUT2D eigenvalue weighted by Gasteiger charge is 2.31. The summed E-state index contributed by atoms with van der Waals surface area (Å²) in [6.07, 6.45) is 5.55. The van der Waals surface area contributed by atoms with Gasteiger partial charge in [0.2, 0.25) is 0 Å². The Hall–Kier alpha value is -0.820. The number of hydrogen-bond donors (Lipinski definition) is 1. The molecule has 3 unspecified atom stereocenters. The molecule has 1 aliphatic rings. The molecule has 1 nitrogen and oxygen atoms in total. The number of aryl methyl sites for hydroxylation is 1. The first-order valence-corrected chi connectivity index (χ1v) is 8.02. The summed E-state index contributed by atoms with van der Waals surface area (Å²) in [4.78, 5) is 0. The Kier molecular flexibility index (Phi) is 5.45. The number of nitrogens with one attached hydrogen (secondary N) is 1. The van der Waals surface area contributed by atoms with Gasteiger partial charge in [-0.05, 0) is 61.7 Å². The minimum atomic E-state index is 0.763. The van der Waals surface area contributed by atoms with Crippen LogP contribution in [0.4, 0.5) is 0 Å². The van der Waals surface area contributed by atoms with Crippen molar-refractivity contribution in [3.63, 3.8) is 0 Å². The summed E-state index contributed by atoms with van der Waals surface area (Å²) in [6, 6.07) is 9.01. The van der Waals surface area contributed by atoms with Crippen LogP contribution >= 0.6 is 0 Å². The van der Waals surface area contributed by atoms with Crippen LogP contribution in [0.25, 0.3) is 0 Å². The average Bonchev–Trinajstić information content (AvgIpc) is 2.45. The Morgan fingerprint density at radius 2 is 1.95 bits per heavy atom. The predicted molar refractivity (Wildman–Crippen MR) is 83.6 cm³/mol. The monoisotopic (exact) mass is 259 g/mol. The lowest BCUT2D eigenvalue weighted by atomic mass is 9.69. The molecule has 2 rings (SSSR count). The maximum absolute atomic E-state index is 3.57. The van der Waals surface area contributed by atoms with Crippen molar-refractivity contribution in [3.05, 3.63) is 35.4 Å². The molecule has 1 saturated carbocycles. The smallest absolute Gasteiger partial charge is 0.00148 e. The van der Waals surface area contributed by atoms with Gasteiger partial charge < -0.3 is 5.32 Å². The first-order valence-electron chi connectivity index (χ1n) is 8.02. The average molecular weight is 259 g/mol. The Bertz CT molecular complexity index is 385. The third-order valence-corrected chi connectivity index (χ3v) is 4.92. The van der Waals surface area contributed by atoms with E-state index in [4.69, 9.17) is 0 Å². The molecule has 0 saturated heterocycles. The van der Waals surface area contributed by atoms with Gasteiger partial charge >= 0.3 is 0 Å². The summed E-state index contributed by atoms with van der Waals surface area (Å²) in [5, 5.41) is 3.57. The van der Waals surface area contributed by atoms with E-state index in [2.05, 4.69) is 50.4 Å². The van der Waals surface area contributed by atoms with E-state index in [9.17, 15) is 0 Å². The Morgan fingerprint density at radius 3 is 2.63 bits per heavy atom. The van der Waals surface area contributed by atoms with Crippen LogP contribution in [0.3, 0.4) is 0 Å². The molecule has 1 aliphatic carbocycles. The molecule has 106 valence electrons. The molecule has 3 atom stereocenters. The summed E-state index contributed by atoms with van der Waals surface area (Å²) in [5.74, 6) is 2.52. The first-order chi connectivity index (χ1) is 9.26. The van der Waals surface area contributed by atoms with Gasteiger partial charge in [-0.2, -0.15) is 0 Å². The SMILES string of the molecule is CCNCC1CCC(CC)CC1c1ccccc1C. The Labute approximate surface area is 118 Å². The second-order valence-electron chi connectivity index (χ2n) is 6.12. The van der Waals surface area contributed by atoms with Crippen molar-refractivity contribution in [1.29, 1.82) is 0 Å². The molecule has 1 fully saturated rings. The van der Waals surface area contributed by atoms with Crippen LogP contribution in [0.15, 0.2) is 24.3 Å².